The van der Waals surface area contributed by atoms with Crippen LogP contribution in [0.1, 0.15) is 0 Å². The van der Waals surface area contributed by atoms with Gasteiger partial charge in [0.1, 0.15) is 17.3 Å². The molecule has 1 heterocycles. The van der Waals surface area contributed by atoms with Gasteiger partial charge in [-0.3, -0.25) is 4.79 Å². The first-order valence-corrected chi connectivity index (χ1v) is 5.15. The molecule has 0 saturated carbocycles. The van der Waals surface area contributed by atoms with Crippen molar-refractivity contribution in [3.63, 3.8) is 0 Å². The van der Waals surface area contributed by atoms with Crippen LogP contribution < -0.4 is 10.1 Å². The summed E-state index contributed by atoms with van der Waals surface area (Å²) >= 11 is 3.09. The maximum Gasteiger partial charge on any atom is 0.294 e. The SMILES string of the molecule is O=C(COc1nocc1Br)NCCO[N+](=O)[O-]. The summed E-state index contributed by atoms with van der Waals surface area (Å²) in [5.41, 5.74) is 0. The average Bonchev–Trinajstić information content (AvgIpc) is 2.67. The first-order valence-electron chi connectivity index (χ1n) is 4.36. The lowest BCUT2D eigenvalue weighted by Crippen LogP contribution is -2.32. The minimum atomic E-state index is -0.935. The van der Waals surface area contributed by atoms with Crippen LogP contribution in [0.4, 0.5) is 0 Å². The van der Waals surface area contributed by atoms with Crippen LogP contribution in [-0.4, -0.2) is 35.9 Å². The minimum Gasteiger partial charge on any atom is -0.465 e. The van der Waals surface area contributed by atoms with E-state index in [-0.39, 0.29) is 25.6 Å². The van der Waals surface area contributed by atoms with Crippen molar-refractivity contribution in [2.45, 2.75) is 0 Å². The van der Waals surface area contributed by atoms with E-state index in [9.17, 15) is 14.9 Å². The van der Waals surface area contributed by atoms with Gasteiger partial charge in [0.05, 0.1) is 0 Å². The summed E-state index contributed by atoms with van der Waals surface area (Å²) in [6.45, 7) is -0.473. The number of amides is 1. The molecule has 1 amide bonds. The highest BCUT2D eigenvalue weighted by molar-refractivity contribution is 9.10. The molecule has 94 valence electrons. The number of hydrogen-bond acceptors (Lipinski definition) is 7. The fraction of sp³-hybridized carbons (Fsp3) is 0.429. The Balaban J connectivity index is 2.13. The standard InChI is InChI=1S/C7H8BrN3O6/c8-5-3-16-10-7(5)15-4-6(12)9-1-2-17-11(13)14/h3H,1-2,4H2,(H,9,12). The fourth-order valence-electron chi connectivity index (χ4n) is 0.805. The zero-order valence-corrected chi connectivity index (χ0v) is 10.0. The Hall–Kier alpha value is -1.84. The van der Waals surface area contributed by atoms with Crippen LogP contribution in [0.25, 0.3) is 0 Å². The monoisotopic (exact) mass is 309 g/mol. The molecular weight excluding hydrogens is 302 g/mol. The second-order valence-corrected chi connectivity index (χ2v) is 3.52. The lowest BCUT2D eigenvalue weighted by Gasteiger charge is -2.04. The number of ether oxygens (including phenoxy) is 1. The Labute approximate surface area is 103 Å². The maximum absolute atomic E-state index is 11.2. The lowest BCUT2D eigenvalue weighted by molar-refractivity contribution is -0.757. The highest BCUT2D eigenvalue weighted by Gasteiger charge is 2.08. The van der Waals surface area contributed by atoms with Gasteiger partial charge in [0.2, 0.25) is 0 Å². The van der Waals surface area contributed by atoms with Crippen LogP contribution in [0.2, 0.25) is 0 Å². The third kappa shape index (κ3) is 5.15. The third-order valence-electron chi connectivity index (χ3n) is 1.46. The number of nitrogens with one attached hydrogen (secondary N) is 1. The van der Waals surface area contributed by atoms with Crippen molar-refractivity contribution in [1.29, 1.82) is 0 Å². The molecule has 0 aromatic carbocycles. The Morgan fingerprint density at radius 2 is 2.47 bits per heavy atom. The van der Waals surface area contributed by atoms with Crippen molar-refractivity contribution in [2.24, 2.45) is 0 Å². The van der Waals surface area contributed by atoms with E-state index in [0.29, 0.717) is 4.47 Å². The van der Waals surface area contributed by atoms with E-state index in [1.165, 1.54) is 6.26 Å². The van der Waals surface area contributed by atoms with Crippen molar-refractivity contribution in [3.05, 3.63) is 20.9 Å². The quantitative estimate of drug-likeness (QED) is 0.432. The molecule has 0 fully saturated rings. The molecule has 0 aliphatic carbocycles. The normalized spacial score (nSPS) is 9.71. The van der Waals surface area contributed by atoms with Crippen LogP contribution >= 0.6 is 15.9 Å². The van der Waals surface area contributed by atoms with E-state index in [0.717, 1.165) is 0 Å². The second kappa shape index (κ2) is 6.68. The van der Waals surface area contributed by atoms with E-state index in [1.807, 2.05) is 0 Å². The first-order chi connectivity index (χ1) is 8.09. The van der Waals surface area contributed by atoms with E-state index < -0.39 is 11.0 Å². The Morgan fingerprint density at radius 1 is 1.71 bits per heavy atom. The van der Waals surface area contributed by atoms with E-state index in [4.69, 9.17) is 4.74 Å². The molecule has 1 aromatic heterocycles. The van der Waals surface area contributed by atoms with Crippen molar-refractivity contribution in [1.82, 2.24) is 10.5 Å². The van der Waals surface area contributed by atoms with Gasteiger partial charge in [0.25, 0.3) is 16.9 Å². The Bertz CT molecular complexity index is 395. The number of carbonyl (C=O) groups excluding carboxylic acids is 1. The smallest absolute Gasteiger partial charge is 0.294 e. The molecule has 1 rings (SSSR count). The molecular formula is C7H8BrN3O6. The van der Waals surface area contributed by atoms with E-state index in [2.05, 4.69) is 35.8 Å². The van der Waals surface area contributed by atoms with Crippen molar-refractivity contribution in [3.8, 4) is 5.88 Å². The van der Waals surface area contributed by atoms with Gasteiger partial charge < -0.3 is 19.4 Å². The van der Waals surface area contributed by atoms with Crippen molar-refractivity contribution < 1.29 is 24.0 Å². The molecule has 0 aliphatic heterocycles. The molecule has 1 aromatic rings. The number of hydrogen-bond donors (Lipinski definition) is 1. The molecule has 0 aliphatic rings. The zero-order chi connectivity index (χ0) is 12.7. The number of aromatic nitrogens is 1. The average molecular weight is 310 g/mol. The van der Waals surface area contributed by atoms with Crippen LogP contribution in [0.3, 0.4) is 0 Å². The molecule has 1 N–H and O–H groups in total. The summed E-state index contributed by atoms with van der Waals surface area (Å²) in [5.74, 6) is -0.298. The summed E-state index contributed by atoms with van der Waals surface area (Å²) < 4.78 is 10.0. The lowest BCUT2D eigenvalue weighted by atomic mass is 10.6. The highest BCUT2D eigenvalue weighted by Crippen LogP contribution is 2.21. The van der Waals surface area contributed by atoms with Gasteiger partial charge in [0, 0.05) is 6.54 Å². The van der Waals surface area contributed by atoms with Crippen molar-refractivity contribution in [2.75, 3.05) is 19.8 Å². The number of nitrogens with zero attached hydrogens (tertiary/aromatic N) is 2. The zero-order valence-electron chi connectivity index (χ0n) is 8.42. The predicted octanol–water partition coefficient (Wildman–Crippen LogP) is 0.140. The van der Waals surface area contributed by atoms with Gasteiger partial charge >= 0.3 is 0 Å². The molecule has 0 atom stereocenters. The van der Waals surface area contributed by atoms with Gasteiger partial charge in [-0.25, -0.2) is 0 Å². The summed E-state index contributed by atoms with van der Waals surface area (Å²) in [7, 11) is 0. The first kappa shape index (κ1) is 13.2. The molecule has 9 nitrogen and oxygen atoms in total. The van der Waals surface area contributed by atoms with Gasteiger partial charge in [-0.2, -0.15) is 0 Å². The van der Waals surface area contributed by atoms with Crippen LogP contribution in [0.15, 0.2) is 15.3 Å². The molecule has 0 radical (unpaired) electrons. The van der Waals surface area contributed by atoms with E-state index in [1.54, 1.807) is 0 Å². The van der Waals surface area contributed by atoms with E-state index >= 15 is 0 Å². The fourth-order valence-corrected chi connectivity index (χ4v) is 1.08. The molecule has 0 saturated heterocycles. The summed E-state index contributed by atoms with van der Waals surface area (Å²) in [6, 6.07) is 0. The molecule has 10 heteroatoms. The number of halogens is 1. The highest BCUT2D eigenvalue weighted by atomic mass is 79.9. The summed E-state index contributed by atoms with van der Waals surface area (Å²) in [5, 5.41) is 14.7. The molecule has 0 unspecified atom stereocenters. The maximum atomic E-state index is 11.2. The third-order valence-corrected chi connectivity index (χ3v) is 1.98. The van der Waals surface area contributed by atoms with Crippen molar-refractivity contribution >= 4 is 21.8 Å². The van der Waals surface area contributed by atoms with Gasteiger partial charge in [-0.15, -0.1) is 10.1 Å². The number of carbonyl (C=O) groups is 1. The predicted molar refractivity (Wildman–Crippen MR) is 55.7 cm³/mol. The van der Waals surface area contributed by atoms with Crippen LogP contribution in [-0.2, 0) is 9.63 Å². The topological polar surface area (TPSA) is 117 Å². The van der Waals surface area contributed by atoms with Crippen LogP contribution in [0, 0.1) is 10.1 Å². The molecule has 17 heavy (non-hydrogen) atoms. The summed E-state index contributed by atoms with van der Waals surface area (Å²) in [4.78, 5) is 24.9. The van der Waals surface area contributed by atoms with Crippen LogP contribution in [0.5, 0.6) is 5.88 Å². The second-order valence-electron chi connectivity index (χ2n) is 2.66. The largest absolute Gasteiger partial charge is 0.465 e. The summed E-state index contributed by atoms with van der Waals surface area (Å²) in [6.07, 6.45) is 1.30. The molecule has 0 bridgehead atoms. The Morgan fingerprint density at radius 3 is 3.06 bits per heavy atom. The number of rotatable bonds is 7. The molecule has 0 spiro atoms. The van der Waals surface area contributed by atoms with Gasteiger partial charge in [0.15, 0.2) is 6.61 Å². The minimum absolute atomic E-state index is 0.0170. The Kier molecular flexibility index (Phi) is 5.20. The van der Waals surface area contributed by atoms with Gasteiger partial charge in [-0.1, -0.05) is 0 Å². The van der Waals surface area contributed by atoms with Gasteiger partial charge in [-0.05, 0) is 21.1 Å².